The molecule has 2 rings (SSSR count). The highest BCUT2D eigenvalue weighted by atomic mass is 35.5. The number of nitrogens with one attached hydrogen (secondary N) is 1. The van der Waals surface area contributed by atoms with E-state index in [1.807, 2.05) is 4.90 Å². The number of anilines is 1. The molecule has 1 saturated heterocycles. The molecule has 8 heteroatoms. The topological polar surface area (TPSA) is 95.7 Å². The molecule has 0 bridgehead atoms. The zero-order valence-electron chi connectivity index (χ0n) is 13.4. The molecule has 0 aliphatic carbocycles. The summed E-state index contributed by atoms with van der Waals surface area (Å²) in [6.45, 7) is 4.89. The second-order valence-corrected chi connectivity index (χ2v) is 5.79. The number of aromatic nitrogens is 1. The molecule has 1 aromatic rings. The molecule has 7 nitrogen and oxygen atoms in total. The summed E-state index contributed by atoms with van der Waals surface area (Å²) < 4.78 is 4.94. The number of carboxylic acids is 1. The Bertz CT molecular complexity index is 535. The van der Waals surface area contributed by atoms with E-state index in [2.05, 4.69) is 17.4 Å². The van der Waals surface area contributed by atoms with Crippen molar-refractivity contribution in [3.05, 3.63) is 11.8 Å². The van der Waals surface area contributed by atoms with Crippen molar-refractivity contribution in [1.29, 1.82) is 0 Å². The van der Waals surface area contributed by atoms with Gasteiger partial charge >= 0.3 is 5.97 Å². The average Bonchev–Trinajstić information content (AvgIpc) is 3.09. The van der Waals surface area contributed by atoms with Gasteiger partial charge in [-0.25, -0.2) is 0 Å². The summed E-state index contributed by atoms with van der Waals surface area (Å²) in [5.74, 6) is -0.284. The number of amides is 1. The fraction of sp³-hybridized carbons (Fsp3) is 0.667. The Morgan fingerprint density at radius 3 is 2.83 bits per heavy atom. The largest absolute Gasteiger partial charge is 0.481 e. The second kappa shape index (κ2) is 8.88. The van der Waals surface area contributed by atoms with Crippen LogP contribution in [0.15, 0.2) is 10.6 Å². The smallest absolute Gasteiger partial charge is 0.307 e. The van der Waals surface area contributed by atoms with Crippen LogP contribution in [0.5, 0.6) is 0 Å². The van der Waals surface area contributed by atoms with Crippen LogP contribution < -0.4 is 5.32 Å². The van der Waals surface area contributed by atoms with Crippen LogP contribution in [0.25, 0.3) is 0 Å². The predicted molar refractivity (Wildman–Crippen MR) is 87.7 cm³/mol. The fourth-order valence-corrected chi connectivity index (χ4v) is 2.78. The number of halogens is 1. The third-order valence-corrected chi connectivity index (χ3v) is 4.02. The molecule has 130 valence electrons. The fourth-order valence-electron chi connectivity index (χ4n) is 2.78. The maximum atomic E-state index is 12.5. The highest BCUT2D eigenvalue weighted by molar-refractivity contribution is 5.94. The second-order valence-electron chi connectivity index (χ2n) is 5.79. The Morgan fingerprint density at radius 1 is 1.57 bits per heavy atom. The SMILES string of the molecule is CCCCC(C(=O)Nc1cc(C)on1)N1CCC(C(=O)O)C1.Cl. The van der Waals surface area contributed by atoms with Crippen molar-refractivity contribution in [3.8, 4) is 0 Å². The van der Waals surface area contributed by atoms with Crippen LogP contribution >= 0.6 is 12.4 Å². The number of nitrogens with zero attached hydrogens (tertiary/aromatic N) is 2. The summed E-state index contributed by atoms with van der Waals surface area (Å²) >= 11 is 0. The summed E-state index contributed by atoms with van der Waals surface area (Å²) in [4.78, 5) is 25.6. The molecule has 0 radical (unpaired) electrons. The molecule has 23 heavy (non-hydrogen) atoms. The number of carbonyl (C=O) groups excluding carboxylic acids is 1. The third-order valence-electron chi connectivity index (χ3n) is 4.02. The van der Waals surface area contributed by atoms with Gasteiger partial charge in [0.05, 0.1) is 12.0 Å². The molecule has 1 amide bonds. The number of aryl methyl sites for hydroxylation is 1. The van der Waals surface area contributed by atoms with Gasteiger partial charge in [-0.05, 0) is 26.3 Å². The molecule has 2 unspecified atom stereocenters. The van der Waals surface area contributed by atoms with Crippen LogP contribution in [0, 0.1) is 12.8 Å². The van der Waals surface area contributed by atoms with Gasteiger partial charge in [-0.1, -0.05) is 24.9 Å². The molecule has 2 atom stereocenters. The summed E-state index contributed by atoms with van der Waals surface area (Å²) in [5.41, 5.74) is 0. The summed E-state index contributed by atoms with van der Waals surface area (Å²) in [7, 11) is 0. The molecule has 1 aliphatic heterocycles. The van der Waals surface area contributed by atoms with E-state index in [1.54, 1.807) is 13.0 Å². The minimum atomic E-state index is -0.788. The van der Waals surface area contributed by atoms with Gasteiger partial charge in [-0.2, -0.15) is 0 Å². The molecule has 1 aliphatic rings. The first-order valence-corrected chi connectivity index (χ1v) is 7.72. The highest BCUT2D eigenvalue weighted by Crippen LogP contribution is 2.22. The predicted octanol–water partition coefficient (Wildman–Crippen LogP) is 2.31. The van der Waals surface area contributed by atoms with Crippen LogP contribution in [0.3, 0.4) is 0 Å². The number of aliphatic carboxylic acids is 1. The van der Waals surface area contributed by atoms with Crippen LogP contribution in [-0.4, -0.2) is 46.2 Å². The van der Waals surface area contributed by atoms with E-state index >= 15 is 0 Å². The number of rotatable bonds is 7. The molecule has 0 spiro atoms. The van der Waals surface area contributed by atoms with E-state index < -0.39 is 5.97 Å². The van der Waals surface area contributed by atoms with E-state index in [0.717, 1.165) is 12.8 Å². The Balaban J connectivity index is 0.00000264. The maximum Gasteiger partial charge on any atom is 0.307 e. The molecule has 1 aromatic heterocycles. The Kier molecular flexibility index (Phi) is 7.51. The van der Waals surface area contributed by atoms with E-state index in [0.29, 0.717) is 37.5 Å². The minimum absolute atomic E-state index is 0. The van der Waals surface area contributed by atoms with E-state index in [9.17, 15) is 9.59 Å². The lowest BCUT2D eigenvalue weighted by Crippen LogP contribution is -2.43. The van der Waals surface area contributed by atoms with E-state index in [-0.39, 0.29) is 30.3 Å². The zero-order chi connectivity index (χ0) is 16.1. The lowest BCUT2D eigenvalue weighted by atomic mass is 10.1. The van der Waals surface area contributed by atoms with Crippen molar-refractivity contribution in [2.75, 3.05) is 18.4 Å². The Morgan fingerprint density at radius 2 is 2.30 bits per heavy atom. The first-order chi connectivity index (χ1) is 10.5. The summed E-state index contributed by atoms with van der Waals surface area (Å²) in [6, 6.07) is 1.35. The van der Waals surface area contributed by atoms with Crippen LogP contribution in [0.2, 0.25) is 0 Å². The van der Waals surface area contributed by atoms with Gasteiger partial charge in [0.2, 0.25) is 5.91 Å². The maximum absolute atomic E-state index is 12.5. The molecular formula is C15H24ClN3O4. The van der Waals surface area contributed by atoms with Gasteiger partial charge in [-0.3, -0.25) is 14.5 Å². The summed E-state index contributed by atoms with van der Waals surface area (Å²) in [6.07, 6.45) is 3.22. The Hall–Kier alpha value is -1.60. The monoisotopic (exact) mass is 345 g/mol. The molecule has 1 fully saturated rings. The molecule has 0 aromatic carbocycles. The number of carbonyl (C=O) groups is 2. The lowest BCUT2D eigenvalue weighted by molar-refractivity contribution is -0.141. The minimum Gasteiger partial charge on any atom is -0.481 e. The van der Waals surface area contributed by atoms with E-state index in [4.69, 9.17) is 9.63 Å². The van der Waals surface area contributed by atoms with Gasteiger partial charge < -0.3 is 14.9 Å². The van der Waals surface area contributed by atoms with Crippen molar-refractivity contribution >= 4 is 30.1 Å². The quantitative estimate of drug-likeness (QED) is 0.787. The van der Waals surface area contributed by atoms with Crippen LogP contribution in [-0.2, 0) is 9.59 Å². The average molecular weight is 346 g/mol. The van der Waals surface area contributed by atoms with Gasteiger partial charge in [0, 0.05) is 12.6 Å². The first-order valence-electron chi connectivity index (χ1n) is 7.72. The summed E-state index contributed by atoms with van der Waals surface area (Å²) in [5, 5.41) is 15.6. The number of carboxylic acid groups (broad SMARTS) is 1. The van der Waals surface area contributed by atoms with Crippen molar-refractivity contribution in [3.63, 3.8) is 0 Å². The molecule has 0 saturated carbocycles. The standard InChI is InChI=1S/C15H23N3O4.ClH/c1-3-4-5-12(18-7-6-11(9-18)15(20)21)14(19)16-13-8-10(2)22-17-13;/h8,11-12H,3-7,9H2,1-2H3,(H,20,21)(H,16,17,19);1H. The third kappa shape index (κ3) is 5.21. The molecule has 2 N–H and O–H groups in total. The van der Waals surface area contributed by atoms with Crippen LogP contribution in [0.4, 0.5) is 5.82 Å². The number of hydrogen-bond donors (Lipinski definition) is 2. The first kappa shape index (κ1) is 19.4. The highest BCUT2D eigenvalue weighted by Gasteiger charge is 2.35. The van der Waals surface area contributed by atoms with Crippen molar-refractivity contribution in [2.45, 2.75) is 45.6 Å². The zero-order valence-corrected chi connectivity index (χ0v) is 14.3. The van der Waals surface area contributed by atoms with Gasteiger partial charge in [0.1, 0.15) is 5.76 Å². The number of hydrogen-bond acceptors (Lipinski definition) is 5. The van der Waals surface area contributed by atoms with Crippen LogP contribution in [0.1, 0.15) is 38.4 Å². The lowest BCUT2D eigenvalue weighted by Gasteiger charge is -2.26. The van der Waals surface area contributed by atoms with Gasteiger partial charge in [0.25, 0.3) is 0 Å². The van der Waals surface area contributed by atoms with E-state index in [1.165, 1.54) is 0 Å². The van der Waals surface area contributed by atoms with Gasteiger partial charge in [-0.15, -0.1) is 12.4 Å². The molecule has 2 heterocycles. The van der Waals surface area contributed by atoms with Crippen molar-refractivity contribution in [1.82, 2.24) is 10.1 Å². The number of likely N-dealkylation sites (tertiary alicyclic amines) is 1. The number of unbranched alkanes of at least 4 members (excludes halogenated alkanes) is 1. The van der Waals surface area contributed by atoms with Crippen molar-refractivity contribution in [2.24, 2.45) is 5.92 Å². The normalized spacial score (nSPS) is 19.1. The van der Waals surface area contributed by atoms with Crippen molar-refractivity contribution < 1.29 is 19.2 Å². The van der Waals surface area contributed by atoms with Gasteiger partial charge in [0.15, 0.2) is 5.82 Å². The molecular weight excluding hydrogens is 322 g/mol. The Labute approximate surface area is 141 Å².